The van der Waals surface area contributed by atoms with E-state index in [4.69, 9.17) is 5.11 Å². The lowest BCUT2D eigenvalue weighted by atomic mass is 10.1. The molecule has 2 aliphatic rings. The number of carboxylic acids is 1. The van der Waals surface area contributed by atoms with E-state index in [0.717, 1.165) is 0 Å². The molecular weight excluding hydrogens is 294 g/mol. The zero-order chi connectivity index (χ0) is 15.9. The third kappa shape index (κ3) is 2.40. The molecule has 1 aromatic carbocycles. The van der Waals surface area contributed by atoms with Crippen molar-refractivity contribution in [2.24, 2.45) is 5.41 Å². The SMILES string of the molecule is O=C(O)C1(C(=O)NC2CCN(c3c(F)cccc3F)C2)CC1. The van der Waals surface area contributed by atoms with Crippen molar-refractivity contribution in [3.8, 4) is 0 Å². The highest BCUT2D eigenvalue weighted by Gasteiger charge is 2.57. The van der Waals surface area contributed by atoms with E-state index in [1.54, 1.807) is 0 Å². The van der Waals surface area contributed by atoms with Gasteiger partial charge in [0, 0.05) is 19.1 Å². The summed E-state index contributed by atoms with van der Waals surface area (Å²) in [6, 6.07) is 3.37. The Balaban J connectivity index is 1.66. The van der Waals surface area contributed by atoms with E-state index in [9.17, 15) is 18.4 Å². The van der Waals surface area contributed by atoms with Gasteiger partial charge in [0.25, 0.3) is 0 Å². The summed E-state index contributed by atoms with van der Waals surface area (Å²) in [6.07, 6.45) is 1.20. The predicted octanol–water partition coefficient (Wildman–Crippen LogP) is 1.52. The van der Waals surface area contributed by atoms with Gasteiger partial charge in [0.2, 0.25) is 5.91 Å². The Bertz CT molecular complexity index is 611. The fourth-order valence-electron chi connectivity index (χ4n) is 2.86. The fourth-order valence-corrected chi connectivity index (χ4v) is 2.86. The summed E-state index contributed by atoms with van der Waals surface area (Å²) in [5.74, 6) is -2.90. The highest BCUT2D eigenvalue weighted by Crippen LogP contribution is 2.46. The van der Waals surface area contributed by atoms with E-state index in [-0.39, 0.29) is 18.3 Å². The third-order valence-corrected chi connectivity index (χ3v) is 4.37. The summed E-state index contributed by atoms with van der Waals surface area (Å²) >= 11 is 0. The van der Waals surface area contributed by atoms with Crippen LogP contribution in [0, 0.1) is 17.0 Å². The molecule has 0 spiro atoms. The number of nitrogens with zero attached hydrogens (tertiary/aromatic N) is 1. The molecule has 22 heavy (non-hydrogen) atoms. The summed E-state index contributed by atoms with van der Waals surface area (Å²) in [5, 5.41) is 11.8. The first-order chi connectivity index (χ1) is 10.4. The molecule has 1 unspecified atom stereocenters. The molecule has 1 saturated heterocycles. The maximum atomic E-state index is 13.8. The second kappa shape index (κ2) is 5.23. The van der Waals surface area contributed by atoms with Gasteiger partial charge in [0.1, 0.15) is 22.7 Å². The molecule has 1 aliphatic heterocycles. The van der Waals surface area contributed by atoms with Crippen molar-refractivity contribution in [3.63, 3.8) is 0 Å². The topological polar surface area (TPSA) is 69.6 Å². The number of para-hydroxylation sites is 1. The highest BCUT2D eigenvalue weighted by molar-refractivity contribution is 6.04. The molecule has 5 nitrogen and oxygen atoms in total. The first-order valence-electron chi connectivity index (χ1n) is 7.17. The molecule has 1 atom stereocenters. The molecular formula is C15H16F2N2O3. The molecule has 1 aliphatic carbocycles. The molecule has 1 aromatic rings. The Kier molecular flexibility index (Phi) is 3.50. The number of nitrogens with one attached hydrogen (secondary N) is 1. The van der Waals surface area contributed by atoms with Crippen LogP contribution in [0.3, 0.4) is 0 Å². The van der Waals surface area contributed by atoms with Crippen LogP contribution in [0.15, 0.2) is 18.2 Å². The number of anilines is 1. The van der Waals surface area contributed by atoms with Gasteiger partial charge in [-0.25, -0.2) is 8.78 Å². The summed E-state index contributed by atoms with van der Waals surface area (Å²) in [5.41, 5.74) is -1.39. The molecule has 0 bridgehead atoms. The lowest BCUT2D eigenvalue weighted by molar-refractivity contribution is -0.149. The van der Waals surface area contributed by atoms with E-state index in [1.165, 1.54) is 23.1 Å². The fraction of sp³-hybridized carbons (Fsp3) is 0.467. The van der Waals surface area contributed by atoms with Gasteiger partial charge in [-0.2, -0.15) is 0 Å². The second-order valence-corrected chi connectivity index (χ2v) is 5.86. The van der Waals surface area contributed by atoms with Crippen molar-refractivity contribution in [1.29, 1.82) is 0 Å². The van der Waals surface area contributed by atoms with Crippen LogP contribution >= 0.6 is 0 Å². The normalized spacial score (nSPS) is 22.5. The first-order valence-corrected chi connectivity index (χ1v) is 7.17. The van der Waals surface area contributed by atoms with E-state index < -0.39 is 28.9 Å². The molecule has 0 aromatic heterocycles. The lowest BCUT2D eigenvalue weighted by Crippen LogP contribution is -2.44. The molecule has 1 amide bonds. The quantitative estimate of drug-likeness (QED) is 0.828. The van der Waals surface area contributed by atoms with Gasteiger partial charge in [-0.1, -0.05) is 6.07 Å². The largest absolute Gasteiger partial charge is 0.480 e. The van der Waals surface area contributed by atoms with Gasteiger partial charge in [-0.3, -0.25) is 9.59 Å². The number of halogens is 2. The Morgan fingerprint density at radius 1 is 1.27 bits per heavy atom. The number of carbonyl (C=O) groups is 2. The Hall–Kier alpha value is -2.18. The molecule has 2 N–H and O–H groups in total. The minimum absolute atomic E-state index is 0.0985. The molecule has 7 heteroatoms. The summed E-state index contributed by atoms with van der Waals surface area (Å²) < 4.78 is 27.5. The van der Waals surface area contributed by atoms with E-state index in [2.05, 4.69) is 5.32 Å². The Labute approximate surface area is 125 Å². The Morgan fingerprint density at radius 2 is 1.91 bits per heavy atom. The van der Waals surface area contributed by atoms with E-state index >= 15 is 0 Å². The number of hydrogen-bond donors (Lipinski definition) is 2. The number of aliphatic carboxylic acids is 1. The maximum Gasteiger partial charge on any atom is 0.319 e. The minimum Gasteiger partial charge on any atom is -0.480 e. The summed E-state index contributed by atoms with van der Waals surface area (Å²) in [6.45, 7) is 0.669. The van der Waals surface area contributed by atoms with Crippen LogP contribution in [0.1, 0.15) is 19.3 Å². The van der Waals surface area contributed by atoms with E-state index in [0.29, 0.717) is 25.8 Å². The molecule has 0 radical (unpaired) electrons. The van der Waals surface area contributed by atoms with Crippen molar-refractivity contribution in [3.05, 3.63) is 29.8 Å². The van der Waals surface area contributed by atoms with Crippen LogP contribution < -0.4 is 10.2 Å². The minimum atomic E-state index is -1.29. The molecule has 1 saturated carbocycles. The van der Waals surface area contributed by atoms with Crippen molar-refractivity contribution < 1.29 is 23.5 Å². The zero-order valence-corrected chi connectivity index (χ0v) is 11.8. The summed E-state index contributed by atoms with van der Waals surface area (Å²) in [4.78, 5) is 24.7. The predicted molar refractivity (Wildman–Crippen MR) is 74.4 cm³/mol. The van der Waals surface area contributed by atoms with Crippen molar-refractivity contribution in [2.45, 2.75) is 25.3 Å². The van der Waals surface area contributed by atoms with Crippen LogP contribution in [-0.2, 0) is 9.59 Å². The Morgan fingerprint density at radius 3 is 2.45 bits per heavy atom. The molecule has 3 rings (SSSR count). The van der Waals surface area contributed by atoms with Crippen LogP contribution in [0.25, 0.3) is 0 Å². The van der Waals surface area contributed by atoms with Crippen LogP contribution in [0.4, 0.5) is 14.5 Å². The molecule has 1 heterocycles. The van der Waals surface area contributed by atoms with Crippen molar-refractivity contribution in [1.82, 2.24) is 5.32 Å². The number of carbonyl (C=O) groups excluding carboxylic acids is 1. The zero-order valence-electron chi connectivity index (χ0n) is 11.8. The first kappa shape index (κ1) is 14.7. The number of benzene rings is 1. The standard InChI is InChI=1S/C15H16F2N2O3/c16-10-2-1-3-11(17)12(10)19-7-4-9(8-19)18-13(20)15(5-6-15)14(21)22/h1-3,9H,4-8H2,(H,18,20)(H,21,22). The third-order valence-electron chi connectivity index (χ3n) is 4.37. The number of hydrogen-bond acceptors (Lipinski definition) is 3. The average molecular weight is 310 g/mol. The average Bonchev–Trinajstić information content (AvgIpc) is 3.16. The van der Waals surface area contributed by atoms with Crippen LogP contribution in [0.2, 0.25) is 0 Å². The van der Waals surface area contributed by atoms with Gasteiger partial charge in [-0.05, 0) is 31.4 Å². The van der Waals surface area contributed by atoms with Gasteiger partial charge in [0.15, 0.2) is 0 Å². The monoisotopic (exact) mass is 310 g/mol. The smallest absolute Gasteiger partial charge is 0.319 e. The number of carboxylic acid groups (broad SMARTS) is 1. The van der Waals surface area contributed by atoms with Gasteiger partial charge in [-0.15, -0.1) is 0 Å². The molecule has 118 valence electrons. The van der Waals surface area contributed by atoms with Gasteiger partial charge >= 0.3 is 5.97 Å². The lowest BCUT2D eigenvalue weighted by Gasteiger charge is -2.21. The highest BCUT2D eigenvalue weighted by atomic mass is 19.1. The number of rotatable bonds is 4. The van der Waals surface area contributed by atoms with Crippen LogP contribution in [-0.4, -0.2) is 36.1 Å². The van der Waals surface area contributed by atoms with Crippen LogP contribution in [0.5, 0.6) is 0 Å². The maximum absolute atomic E-state index is 13.8. The van der Waals surface area contributed by atoms with Gasteiger partial charge in [0.05, 0.1) is 0 Å². The molecule has 2 fully saturated rings. The number of amides is 1. The second-order valence-electron chi connectivity index (χ2n) is 5.86. The van der Waals surface area contributed by atoms with Gasteiger partial charge < -0.3 is 15.3 Å². The van der Waals surface area contributed by atoms with Crippen molar-refractivity contribution >= 4 is 17.6 Å². The summed E-state index contributed by atoms with van der Waals surface area (Å²) in [7, 11) is 0. The van der Waals surface area contributed by atoms with E-state index in [1.807, 2.05) is 0 Å². The van der Waals surface area contributed by atoms with Crippen molar-refractivity contribution in [2.75, 3.05) is 18.0 Å².